The third-order valence-electron chi connectivity index (χ3n) is 1.78. The van der Waals surface area contributed by atoms with Crippen molar-refractivity contribution in [1.29, 1.82) is 0 Å². The van der Waals surface area contributed by atoms with Crippen LogP contribution in [0.2, 0.25) is 0 Å². The maximum absolute atomic E-state index is 11.5. The number of ether oxygens (including phenoxy) is 1. The summed E-state index contributed by atoms with van der Waals surface area (Å²) in [6, 6.07) is 6.97. The molecule has 0 spiro atoms. The molecule has 0 saturated carbocycles. The van der Waals surface area contributed by atoms with E-state index < -0.39 is 18.0 Å². The molecule has 0 bridgehead atoms. The van der Waals surface area contributed by atoms with Gasteiger partial charge in [-0.3, -0.25) is 4.79 Å². The third-order valence-corrected chi connectivity index (χ3v) is 2.72. The maximum atomic E-state index is 11.5. The summed E-state index contributed by atoms with van der Waals surface area (Å²) in [5, 5.41) is 0. The van der Waals surface area contributed by atoms with Gasteiger partial charge in [-0.2, -0.15) is 0 Å². The molecule has 0 radical (unpaired) electrons. The highest BCUT2D eigenvalue weighted by atomic mass is 127. The first kappa shape index (κ1) is 12.0. The Morgan fingerprint density at radius 1 is 1.40 bits per heavy atom. The van der Waals surface area contributed by atoms with E-state index in [1.807, 2.05) is 28.7 Å². The molecule has 1 aromatic rings. The molecule has 0 aromatic heterocycles. The number of benzene rings is 1. The van der Waals surface area contributed by atoms with Crippen molar-refractivity contribution in [2.24, 2.45) is 5.73 Å². The van der Waals surface area contributed by atoms with Crippen molar-refractivity contribution in [1.82, 2.24) is 0 Å². The summed E-state index contributed by atoms with van der Waals surface area (Å²) in [4.78, 5) is 22.2. The lowest BCUT2D eigenvalue weighted by molar-refractivity contribution is -0.125. The van der Waals surface area contributed by atoms with Crippen LogP contribution in [0.3, 0.4) is 0 Å². The highest BCUT2D eigenvalue weighted by Gasteiger charge is 2.17. The Labute approximate surface area is 101 Å². The number of carbonyl (C=O) groups excluding carboxylic acids is 2. The minimum atomic E-state index is -0.909. The van der Waals surface area contributed by atoms with Crippen LogP contribution in [0.1, 0.15) is 17.3 Å². The number of amides is 1. The second kappa shape index (κ2) is 5.11. The minimum absolute atomic E-state index is 0.436. The standard InChI is InChI=1S/C10H10INO3/c1-6(9(12)13)15-10(14)7-4-2-3-5-8(7)11/h2-6H,1H3,(H2,12,13)/t6-/m1/s1. The Morgan fingerprint density at radius 3 is 2.53 bits per heavy atom. The largest absolute Gasteiger partial charge is 0.449 e. The Kier molecular flexibility index (Phi) is 4.07. The van der Waals surface area contributed by atoms with Crippen LogP contribution in [0.15, 0.2) is 24.3 Å². The molecule has 0 unspecified atom stereocenters. The van der Waals surface area contributed by atoms with Gasteiger partial charge in [-0.1, -0.05) is 12.1 Å². The quantitative estimate of drug-likeness (QED) is 0.675. The summed E-state index contributed by atoms with van der Waals surface area (Å²) in [5.74, 6) is -1.19. The van der Waals surface area contributed by atoms with E-state index in [2.05, 4.69) is 0 Å². The number of hydrogen-bond donors (Lipinski definition) is 1. The van der Waals surface area contributed by atoms with Gasteiger partial charge in [0.1, 0.15) is 0 Å². The lowest BCUT2D eigenvalue weighted by atomic mass is 10.2. The highest BCUT2D eigenvalue weighted by Crippen LogP contribution is 2.13. The number of halogens is 1. The Bertz CT molecular complexity index is 392. The maximum Gasteiger partial charge on any atom is 0.339 e. The number of esters is 1. The summed E-state index contributed by atoms with van der Waals surface area (Å²) in [7, 11) is 0. The number of rotatable bonds is 3. The zero-order valence-corrected chi connectivity index (χ0v) is 10.2. The molecule has 1 aromatic carbocycles. The molecule has 0 saturated heterocycles. The molecule has 0 fully saturated rings. The van der Waals surface area contributed by atoms with Crippen LogP contribution in [-0.2, 0) is 9.53 Å². The van der Waals surface area contributed by atoms with Crippen molar-refractivity contribution < 1.29 is 14.3 Å². The number of carbonyl (C=O) groups is 2. The molecule has 80 valence electrons. The number of hydrogen-bond acceptors (Lipinski definition) is 3. The lowest BCUT2D eigenvalue weighted by Crippen LogP contribution is -2.30. The summed E-state index contributed by atoms with van der Waals surface area (Å²) in [6.07, 6.45) is -0.909. The monoisotopic (exact) mass is 319 g/mol. The zero-order chi connectivity index (χ0) is 11.4. The second-order valence-corrected chi connectivity index (χ2v) is 4.09. The van der Waals surface area contributed by atoms with E-state index in [-0.39, 0.29) is 0 Å². The van der Waals surface area contributed by atoms with Gasteiger partial charge >= 0.3 is 5.97 Å². The highest BCUT2D eigenvalue weighted by molar-refractivity contribution is 14.1. The van der Waals surface area contributed by atoms with E-state index in [1.165, 1.54) is 6.92 Å². The lowest BCUT2D eigenvalue weighted by Gasteiger charge is -2.10. The fourth-order valence-electron chi connectivity index (χ4n) is 0.909. The van der Waals surface area contributed by atoms with E-state index in [0.717, 1.165) is 3.57 Å². The Hall–Kier alpha value is -1.11. The first-order valence-corrected chi connectivity index (χ1v) is 5.35. The average molecular weight is 319 g/mol. The van der Waals surface area contributed by atoms with Crippen LogP contribution in [0.25, 0.3) is 0 Å². The Morgan fingerprint density at radius 2 is 2.00 bits per heavy atom. The molecule has 4 nitrogen and oxygen atoms in total. The topological polar surface area (TPSA) is 69.4 Å². The van der Waals surface area contributed by atoms with Crippen molar-refractivity contribution in [2.75, 3.05) is 0 Å². The van der Waals surface area contributed by atoms with Crippen molar-refractivity contribution in [3.8, 4) is 0 Å². The Balaban J connectivity index is 2.78. The second-order valence-electron chi connectivity index (χ2n) is 2.93. The molecule has 5 heteroatoms. The van der Waals surface area contributed by atoms with Crippen molar-refractivity contribution in [3.05, 3.63) is 33.4 Å². The van der Waals surface area contributed by atoms with Gasteiger partial charge in [0.05, 0.1) is 5.56 Å². The molecule has 15 heavy (non-hydrogen) atoms. The van der Waals surface area contributed by atoms with Gasteiger partial charge in [-0.15, -0.1) is 0 Å². The van der Waals surface area contributed by atoms with E-state index >= 15 is 0 Å². The van der Waals surface area contributed by atoms with E-state index in [9.17, 15) is 9.59 Å². The molecule has 0 heterocycles. The molecule has 1 amide bonds. The van der Waals surface area contributed by atoms with Crippen molar-refractivity contribution in [2.45, 2.75) is 13.0 Å². The molecular formula is C10H10INO3. The van der Waals surface area contributed by atoms with Crippen LogP contribution in [-0.4, -0.2) is 18.0 Å². The van der Waals surface area contributed by atoms with Gasteiger partial charge in [-0.25, -0.2) is 4.79 Å². The van der Waals surface area contributed by atoms with Crippen LogP contribution >= 0.6 is 22.6 Å². The van der Waals surface area contributed by atoms with Gasteiger partial charge in [0.2, 0.25) is 0 Å². The predicted molar refractivity (Wildman–Crippen MR) is 63.2 cm³/mol. The molecule has 0 aliphatic heterocycles. The third kappa shape index (κ3) is 3.19. The molecule has 0 aliphatic carbocycles. The van der Waals surface area contributed by atoms with Crippen molar-refractivity contribution >= 4 is 34.5 Å². The van der Waals surface area contributed by atoms with Gasteiger partial charge < -0.3 is 10.5 Å². The van der Waals surface area contributed by atoms with E-state index in [4.69, 9.17) is 10.5 Å². The first-order chi connectivity index (χ1) is 7.02. The van der Waals surface area contributed by atoms with Crippen LogP contribution in [0, 0.1) is 3.57 Å². The first-order valence-electron chi connectivity index (χ1n) is 4.27. The average Bonchev–Trinajstić information content (AvgIpc) is 2.18. The molecule has 2 N–H and O–H groups in total. The van der Waals surface area contributed by atoms with Crippen LogP contribution in [0.5, 0.6) is 0 Å². The number of primary amides is 1. The van der Waals surface area contributed by atoms with E-state index in [0.29, 0.717) is 5.56 Å². The molecule has 0 aliphatic rings. The fourth-order valence-corrected chi connectivity index (χ4v) is 1.52. The molecule has 1 atom stereocenters. The van der Waals surface area contributed by atoms with Crippen molar-refractivity contribution in [3.63, 3.8) is 0 Å². The van der Waals surface area contributed by atoms with Crippen LogP contribution in [0.4, 0.5) is 0 Å². The summed E-state index contributed by atoms with van der Waals surface area (Å²) >= 11 is 2.02. The van der Waals surface area contributed by atoms with Gasteiger partial charge in [-0.05, 0) is 41.6 Å². The van der Waals surface area contributed by atoms with Gasteiger partial charge in [0.25, 0.3) is 5.91 Å². The number of nitrogens with two attached hydrogens (primary N) is 1. The normalized spacial score (nSPS) is 11.9. The van der Waals surface area contributed by atoms with E-state index in [1.54, 1.807) is 18.2 Å². The summed E-state index contributed by atoms with van der Waals surface area (Å²) in [6.45, 7) is 1.44. The smallest absolute Gasteiger partial charge is 0.339 e. The molecular weight excluding hydrogens is 309 g/mol. The predicted octanol–water partition coefficient (Wildman–Crippen LogP) is 1.32. The van der Waals surface area contributed by atoms with Gasteiger partial charge in [0, 0.05) is 3.57 Å². The summed E-state index contributed by atoms with van der Waals surface area (Å²) in [5.41, 5.74) is 5.42. The van der Waals surface area contributed by atoms with Gasteiger partial charge in [0.15, 0.2) is 6.10 Å². The minimum Gasteiger partial charge on any atom is -0.449 e. The fraction of sp³-hybridized carbons (Fsp3) is 0.200. The molecule has 1 rings (SSSR count). The van der Waals surface area contributed by atoms with Crippen LogP contribution < -0.4 is 5.73 Å². The zero-order valence-electron chi connectivity index (χ0n) is 8.07. The SMILES string of the molecule is C[C@@H](OC(=O)c1ccccc1I)C(N)=O. The summed E-state index contributed by atoms with van der Waals surface area (Å²) < 4.78 is 5.64.